The van der Waals surface area contributed by atoms with Gasteiger partial charge in [0.1, 0.15) is 58.4 Å². The number of carbonyl (C=O) groups is 10. The molecular formula is C90H102F2N22O11. The number of imide groups is 2. The Hall–Kier alpha value is -13.5. The highest BCUT2D eigenvalue weighted by Gasteiger charge is 2.34. The number of carboxylic acid groups (broad SMARTS) is 1. The summed E-state index contributed by atoms with van der Waals surface area (Å²) < 4.78 is 31.7. The summed E-state index contributed by atoms with van der Waals surface area (Å²) in [6, 6.07) is 41.6. The molecule has 6 aromatic heterocycles. The molecule has 125 heavy (non-hydrogen) atoms. The molecule has 0 spiro atoms. The van der Waals surface area contributed by atoms with Crippen LogP contribution in [0.4, 0.5) is 43.4 Å². The van der Waals surface area contributed by atoms with E-state index in [1.54, 1.807) is 73.1 Å². The molecule has 4 aromatic carbocycles. The first-order chi connectivity index (χ1) is 60.8. The Bertz CT molecular complexity index is 5560. The Kier molecular flexibility index (Phi) is 29.5. The number of carboxylic acids is 1. The highest BCUT2D eigenvalue weighted by Crippen LogP contribution is 2.38. The molecule has 10 N–H and O–H groups in total. The Morgan fingerprint density at radius 2 is 0.936 bits per heavy atom. The average Bonchev–Trinajstić information content (AvgIpc) is 1.62. The lowest BCUT2D eigenvalue weighted by molar-refractivity contribution is -0.138. The first-order valence-electron chi connectivity index (χ1n) is 42.6. The van der Waals surface area contributed by atoms with Gasteiger partial charge in [0.05, 0.1) is 60.1 Å². The molecule has 6 aliphatic heterocycles. The fourth-order valence-electron chi connectivity index (χ4n) is 16.4. The summed E-state index contributed by atoms with van der Waals surface area (Å²) in [5.74, 6) is -0.834. The van der Waals surface area contributed by atoms with Crippen LogP contribution in [0.5, 0.6) is 0 Å². The van der Waals surface area contributed by atoms with Gasteiger partial charge in [-0.3, -0.25) is 68.4 Å². The highest BCUT2D eigenvalue weighted by molar-refractivity contribution is 6.08. The number of pyridine rings is 2. The Balaban J connectivity index is 0.000000170. The summed E-state index contributed by atoms with van der Waals surface area (Å²) in [5.41, 5.74) is 14.1. The van der Waals surface area contributed by atoms with Gasteiger partial charge in [-0.15, -0.1) is 10.2 Å². The van der Waals surface area contributed by atoms with Crippen molar-refractivity contribution in [3.8, 4) is 22.8 Å². The van der Waals surface area contributed by atoms with Crippen molar-refractivity contribution in [3.05, 3.63) is 203 Å². The van der Waals surface area contributed by atoms with Gasteiger partial charge in [-0.2, -0.15) is 0 Å². The molecule has 0 saturated carbocycles. The number of carbonyl (C=O) groups excluding carboxylic acids is 9. The minimum atomic E-state index is -0.842. The van der Waals surface area contributed by atoms with Gasteiger partial charge in [0.25, 0.3) is 11.8 Å². The van der Waals surface area contributed by atoms with Gasteiger partial charge in [0.2, 0.25) is 29.5 Å². The number of piperidine rings is 2. The number of nitrogens with zero attached hydrogens (tertiary/aromatic N) is 14. The maximum Gasteiger partial charge on any atom is 0.317 e. The molecule has 0 radical (unpaired) electrons. The summed E-state index contributed by atoms with van der Waals surface area (Å²) in [5, 5.41) is 38.1. The third-order valence-electron chi connectivity index (χ3n) is 23.0. The van der Waals surface area contributed by atoms with E-state index in [0.29, 0.717) is 57.5 Å². The summed E-state index contributed by atoms with van der Waals surface area (Å²) in [6.07, 6.45) is 14.8. The number of piperazine rings is 2. The van der Waals surface area contributed by atoms with Crippen molar-refractivity contribution in [2.24, 2.45) is 5.73 Å². The van der Waals surface area contributed by atoms with Gasteiger partial charge in [-0.1, -0.05) is 42.8 Å². The number of unbranched alkanes of at least 4 members (excludes halogenated alkanes) is 4. The molecule has 10 aromatic rings. The number of imidazole rings is 2. The number of hydrogen-bond donors (Lipinski definition) is 9. The van der Waals surface area contributed by atoms with E-state index >= 15 is 0 Å². The third kappa shape index (κ3) is 22.7. The second-order valence-electron chi connectivity index (χ2n) is 31.6. The summed E-state index contributed by atoms with van der Waals surface area (Å²) in [4.78, 5) is 151. The number of rotatable bonds is 31. The van der Waals surface area contributed by atoms with Gasteiger partial charge in [0.15, 0.2) is 23.9 Å². The largest absolute Gasteiger partial charge is 0.480 e. The molecule has 7 amide bonds. The monoisotopic (exact) mass is 1700 g/mol. The Morgan fingerprint density at radius 1 is 0.488 bits per heavy atom. The van der Waals surface area contributed by atoms with E-state index in [4.69, 9.17) is 31.0 Å². The predicted octanol–water partition coefficient (Wildman–Crippen LogP) is 8.19. The van der Waals surface area contributed by atoms with Crippen LogP contribution in [-0.2, 0) is 28.8 Å². The number of anilines is 6. The highest BCUT2D eigenvalue weighted by atomic mass is 19.1. The van der Waals surface area contributed by atoms with E-state index in [9.17, 15) is 56.7 Å². The lowest BCUT2D eigenvalue weighted by Gasteiger charge is -2.35. The van der Waals surface area contributed by atoms with E-state index < -0.39 is 41.7 Å². The number of aliphatic carboxylic acids is 1. The number of halogens is 2. The van der Waals surface area contributed by atoms with Crippen LogP contribution >= 0.6 is 0 Å². The lowest BCUT2D eigenvalue weighted by Crippen LogP contribution is -2.52. The fourth-order valence-corrected chi connectivity index (χ4v) is 16.4. The van der Waals surface area contributed by atoms with Gasteiger partial charge in [-0.25, -0.2) is 37.7 Å². The van der Waals surface area contributed by atoms with Crippen LogP contribution in [0, 0.1) is 11.6 Å². The van der Waals surface area contributed by atoms with Crippen LogP contribution in [0.15, 0.2) is 158 Å². The normalized spacial score (nSPS) is 18.0. The second-order valence-corrected chi connectivity index (χ2v) is 31.6. The summed E-state index contributed by atoms with van der Waals surface area (Å²) >= 11 is 0. The SMILES string of the molecule is NCCCCCNc1ccc(C=O)c(C(=O)NC2CCC(=O)NC2=O)c1.O=C(O)CN1CCN(c2cccc(-c3cnc4ccc(N5CCC[C@@H]5c5cccc(F)c5)nn34)n2)CC1.O=Cc1ccc(NCCCCCNC(=O)CN2CCN(c3cccc(-c4cnc5ccc(N6CCC[C@@H]6c6cccc(F)c6)nn45)n3)CC2)cc1C(=O)NC1CCC(=O)NC1=O. The van der Waals surface area contributed by atoms with Crippen molar-refractivity contribution in [2.45, 2.75) is 114 Å². The standard InChI is InChI=1S/C45H50FN11O5.C27H28FN7O2.C18H24N4O4/c46-32-8-4-7-30(25-32)37-10-6-20-56(37)41-16-15-39-49-27-38(57(39)53-41)35-9-5-11-40(50-35)55-23-21-54(22-24-55)28-43(60)48-19-3-1-2-18-47-33-13-12-31(29-58)34(26-33)44(61)51-36-14-17-42(59)52-45(36)62;28-20-5-1-4-19(16-20)22-7-3-11-34(22)26-10-9-24-29-17-23(35(24)31-26)21-6-2-8-25(30-21)33-14-12-32(13-15-33)18-27(36)37;19-8-2-1-3-9-20-13-5-4-12(11-23)14(10-13)17(25)21-15-6-7-16(24)22-18(15)26/h4-5,7-9,11-13,15-16,25-27,29,36-37,47H,1-3,6,10,14,17-24,28H2,(H,48,60)(H,51,61)(H,52,59,62);1-2,4-6,8-10,16-17,22H,3,7,11-15,18H2,(H,36,37);4-5,10-11,15,20H,1-3,6-9,19H2,(H,21,25)(H,22,24,26)/t36?,37-;22-;/m11./s1. The molecule has 2 unspecified atom stereocenters. The number of nitrogens with one attached hydrogen (secondary N) is 7. The zero-order chi connectivity index (χ0) is 87.3. The Labute approximate surface area is 720 Å². The molecule has 0 aliphatic carbocycles. The predicted molar refractivity (Wildman–Crippen MR) is 467 cm³/mol. The minimum Gasteiger partial charge on any atom is -0.480 e. The van der Waals surface area contributed by atoms with Crippen molar-refractivity contribution < 1.29 is 61.8 Å². The molecule has 16 rings (SSSR count). The summed E-state index contributed by atoms with van der Waals surface area (Å²) in [6.45, 7) is 10.4. The van der Waals surface area contributed by atoms with E-state index in [1.807, 2.05) is 86.7 Å². The zero-order valence-electron chi connectivity index (χ0n) is 69.3. The molecule has 4 atom stereocenters. The number of nitrogens with two attached hydrogens (primary N) is 1. The second kappa shape index (κ2) is 42.0. The number of benzene rings is 4. The van der Waals surface area contributed by atoms with E-state index in [2.05, 4.69) is 71.7 Å². The van der Waals surface area contributed by atoms with Crippen molar-refractivity contribution in [2.75, 3.05) is 135 Å². The van der Waals surface area contributed by atoms with Crippen LogP contribution in [0.25, 0.3) is 34.1 Å². The van der Waals surface area contributed by atoms with Gasteiger partial charge >= 0.3 is 5.97 Å². The van der Waals surface area contributed by atoms with E-state index in [-0.39, 0.29) is 95.9 Å². The number of amides is 7. The number of hydrogen-bond acceptors (Lipinski definition) is 25. The first kappa shape index (κ1) is 87.8. The molecule has 12 heterocycles. The smallest absolute Gasteiger partial charge is 0.317 e. The molecule has 652 valence electrons. The number of fused-ring (bicyclic) bond motifs is 2. The zero-order valence-corrected chi connectivity index (χ0v) is 69.3. The van der Waals surface area contributed by atoms with Crippen LogP contribution in [0.2, 0.25) is 0 Å². The van der Waals surface area contributed by atoms with Crippen LogP contribution in [0.1, 0.15) is 155 Å². The number of aromatic nitrogens is 8. The minimum absolute atomic E-state index is 0.00857. The Morgan fingerprint density at radius 3 is 1.38 bits per heavy atom. The molecule has 35 heteroatoms. The van der Waals surface area contributed by atoms with E-state index in [1.165, 1.54) is 12.1 Å². The average molecular weight is 1710 g/mol. The van der Waals surface area contributed by atoms with Crippen molar-refractivity contribution in [1.82, 2.24) is 75.5 Å². The molecule has 6 fully saturated rings. The molecular weight excluding hydrogens is 1600 g/mol. The van der Waals surface area contributed by atoms with Crippen LogP contribution in [-0.4, -0.2) is 231 Å². The van der Waals surface area contributed by atoms with Crippen LogP contribution < -0.4 is 62.6 Å². The van der Waals surface area contributed by atoms with Crippen molar-refractivity contribution in [3.63, 3.8) is 0 Å². The molecule has 33 nitrogen and oxygen atoms in total. The topological polar surface area (TPSA) is 407 Å². The molecule has 0 bridgehead atoms. The maximum absolute atomic E-state index is 14.1. The fraction of sp³-hybridized carbons (Fsp3) is 0.378. The third-order valence-corrected chi connectivity index (χ3v) is 23.0. The van der Waals surface area contributed by atoms with Crippen LogP contribution in [0.3, 0.4) is 0 Å². The molecule has 6 saturated heterocycles. The van der Waals surface area contributed by atoms with E-state index in [0.717, 1.165) is 197 Å². The number of aldehydes is 2. The maximum atomic E-state index is 14.1. The van der Waals surface area contributed by atoms with Gasteiger partial charge in [0, 0.05) is 120 Å². The van der Waals surface area contributed by atoms with Gasteiger partial charge in [-0.05, 0) is 197 Å². The lowest BCUT2D eigenvalue weighted by atomic mass is 10.0. The quantitative estimate of drug-likeness (QED) is 0.0112. The molecule has 6 aliphatic rings. The van der Waals surface area contributed by atoms with Crippen molar-refractivity contribution >= 4 is 106 Å². The van der Waals surface area contributed by atoms with Crippen molar-refractivity contribution in [1.29, 1.82) is 0 Å². The first-order valence-corrected chi connectivity index (χ1v) is 42.6. The van der Waals surface area contributed by atoms with Gasteiger partial charge < -0.3 is 57.0 Å². The summed E-state index contributed by atoms with van der Waals surface area (Å²) in [7, 11) is 0.